The molecule has 0 amide bonds. The first-order valence-electron chi connectivity index (χ1n) is 1.94. The van der Waals surface area contributed by atoms with E-state index in [1.54, 1.807) is 0 Å². The van der Waals surface area contributed by atoms with Gasteiger partial charge in [0.05, 0.1) is 14.2 Å². The van der Waals surface area contributed by atoms with Gasteiger partial charge in [0.1, 0.15) is 0 Å². The highest BCUT2D eigenvalue weighted by Gasteiger charge is 1.88. The highest BCUT2D eigenvalue weighted by atomic mass is 16.7. The van der Waals surface area contributed by atoms with Crippen molar-refractivity contribution in [1.82, 2.24) is 0 Å². The van der Waals surface area contributed by atoms with Crippen molar-refractivity contribution >= 4 is 6.16 Å². The van der Waals surface area contributed by atoms with Crippen LogP contribution in [0.1, 0.15) is 0 Å². The van der Waals surface area contributed by atoms with E-state index in [9.17, 15) is 4.79 Å². The summed E-state index contributed by atoms with van der Waals surface area (Å²) in [6, 6.07) is 0. The Balaban J connectivity index is 0. The van der Waals surface area contributed by atoms with Gasteiger partial charge in [0.25, 0.3) is 0 Å². The Morgan fingerprint density at radius 3 is 1.78 bits per heavy atom. The highest BCUT2D eigenvalue weighted by molar-refractivity contribution is 5.59. The predicted molar refractivity (Wildman–Crippen MR) is 29.2 cm³/mol. The fraction of sp³-hybridized carbons (Fsp3) is 0.500. The third kappa shape index (κ3) is 20.8. The average Bonchev–Trinajstić information content (AvgIpc) is 1.88. The van der Waals surface area contributed by atoms with Crippen LogP contribution in [0.3, 0.4) is 0 Å². The van der Waals surface area contributed by atoms with E-state index in [1.165, 1.54) is 20.4 Å². The zero-order valence-electron chi connectivity index (χ0n) is 5.25. The van der Waals surface area contributed by atoms with Crippen LogP contribution in [0.2, 0.25) is 0 Å². The van der Waals surface area contributed by atoms with E-state index >= 15 is 0 Å². The Kier molecular flexibility index (Phi) is 11.4. The maximum absolute atomic E-state index is 9.74. The molecular weight excluding hydrogens is 124 g/mol. The maximum Gasteiger partial charge on any atom is 0.507 e. The molecule has 0 fully saturated rings. The lowest BCUT2D eigenvalue weighted by atomic mass is 11.3. The molecule has 0 heterocycles. The van der Waals surface area contributed by atoms with Crippen LogP contribution in [0.5, 0.6) is 0 Å². The van der Waals surface area contributed by atoms with E-state index in [0.717, 1.165) is 0 Å². The van der Waals surface area contributed by atoms with Crippen molar-refractivity contribution in [2.45, 2.75) is 0 Å². The van der Waals surface area contributed by atoms with Gasteiger partial charge in [-0.3, -0.25) is 0 Å². The van der Waals surface area contributed by atoms with Crippen molar-refractivity contribution in [2.24, 2.45) is 5.73 Å². The molecule has 0 saturated heterocycles. The predicted octanol–water partition coefficient (Wildman–Crippen LogP) is -0.175. The molecule has 0 saturated carbocycles. The van der Waals surface area contributed by atoms with Gasteiger partial charge >= 0.3 is 6.16 Å². The van der Waals surface area contributed by atoms with Crippen molar-refractivity contribution in [3.8, 4) is 6.19 Å². The average molecular weight is 132 g/mol. The topological polar surface area (TPSA) is 85.3 Å². The van der Waals surface area contributed by atoms with Crippen LogP contribution in [-0.4, -0.2) is 20.4 Å². The lowest BCUT2D eigenvalue weighted by molar-refractivity contribution is 0.0924. The molecule has 0 aliphatic carbocycles. The molecule has 0 bridgehead atoms. The Morgan fingerprint density at radius 1 is 1.56 bits per heavy atom. The van der Waals surface area contributed by atoms with E-state index in [-0.39, 0.29) is 0 Å². The first-order valence-corrected chi connectivity index (χ1v) is 1.94. The van der Waals surface area contributed by atoms with Gasteiger partial charge in [-0.05, 0) is 0 Å². The number of nitrogens with two attached hydrogens (primary N) is 1. The lowest BCUT2D eigenvalue weighted by Gasteiger charge is -1.89. The van der Waals surface area contributed by atoms with Crippen LogP contribution in [0, 0.1) is 11.5 Å². The zero-order chi connectivity index (χ0) is 7.70. The van der Waals surface area contributed by atoms with Gasteiger partial charge in [0.2, 0.25) is 0 Å². The molecule has 0 radical (unpaired) electrons. The fourth-order valence-corrected chi connectivity index (χ4v) is 0.0833. The van der Waals surface area contributed by atoms with Gasteiger partial charge in [-0.25, -0.2) is 4.79 Å². The van der Waals surface area contributed by atoms with Crippen molar-refractivity contribution in [3.05, 3.63) is 0 Å². The number of hydrogen-bond acceptors (Lipinski definition) is 5. The smallest absolute Gasteiger partial charge is 0.438 e. The Labute approximate surface area is 53.0 Å². The summed E-state index contributed by atoms with van der Waals surface area (Å²) in [7, 11) is 2.51. The van der Waals surface area contributed by atoms with Crippen LogP contribution in [0.15, 0.2) is 0 Å². The van der Waals surface area contributed by atoms with E-state index in [1.807, 2.05) is 0 Å². The normalized spacial score (nSPS) is 5.44. The van der Waals surface area contributed by atoms with Crippen molar-refractivity contribution < 1.29 is 14.3 Å². The fourth-order valence-electron chi connectivity index (χ4n) is 0.0833. The molecule has 2 N–H and O–H groups in total. The number of hydrogen-bond donors (Lipinski definition) is 1. The van der Waals surface area contributed by atoms with Crippen molar-refractivity contribution in [1.29, 1.82) is 5.26 Å². The summed E-state index contributed by atoms with van der Waals surface area (Å²) >= 11 is 0. The number of ether oxygens (including phenoxy) is 2. The molecule has 0 unspecified atom stereocenters. The molecule has 5 nitrogen and oxygen atoms in total. The molecule has 5 heteroatoms. The molecule has 0 aliphatic heterocycles. The second kappa shape index (κ2) is 9.75. The number of rotatable bonds is 0. The molecule has 0 spiro atoms. The SMILES string of the molecule is COC(=O)OC.N#CN. The summed E-state index contributed by atoms with van der Waals surface area (Å²) in [6.45, 7) is 0. The molecular formula is C4H8N2O3. The first kappa shape index (κ1) is 10.5. The number of nitriles is 1. The van der Waals surface area contributed by atoms with Gasteiger partial charge in [-0.1, -0.05) is 0 Å². The summed E-state index contributed by atoms with van der Waals surface area (Å²) in [5.41, 5.74) is 4.15. The summed E-state index contributed by atoms with van der Waals surface area (Å²) < 4.78 is 8.08. The third-order valence-electron chi connectivity index (χ3n) is 0.333. The zero-order valence-corrected chi connectivity index (χ0v) is 5.25. The third-order valence-corrected chi connectivity index (χ3v) is 0.333. The largest absolute Gasteiger partial charge is 0.507 e. The molecule has 0 aliphatic rings. The Hall–Kier alpha value is -1.44. The maximum atomic E-state index is 9.74. The molecule has 9 heavy (non-hydrogen) atoms. The molecule has 0 atom stereocenters. The number of nitrogens with zero attached hydrogens (tertiary/aromatic N) is 1. The van der Waals surface area contributed by atoms with E-state index < -0.39 is 6.16 Å². The molecule has 52 valence electrons. The summed E-state index contributed by atoms with van der Waals surface area (Å²) in [6.07, 6.45) is 0.593. The minimum atomic E-state index is -0.657. The Bertz CT molecular complexity index is 101. The van der Waals surface area contributed by atoms with E-state index in [2.05, 4.69) is 15.2 Å². The van der Waals surface area contributed by atoms with Gasteiger partial charge < -0.3 is 15.2 Å². The summed E-state index contributed by atoms with van der Waals surface area (Å²) in [5, 5.41) is 7.10. The minimum Gasteiger partial charge on any atom is -0.438 e. The van der Waals surface area contributed by atoms with Gasteiger partial charge in [-0.15, -0.1) is 0 Å². The quantitative estimate of drug-likeness (QED) is 0.281. The first-order chi connectivity index (χ1) is 4.22. The monoisotopic (exact) mass is 132 g/mol. The highest BCUT2D eigenvalue weighted by Crippen LogP contribution is 1.72. The van der Waals surface area contributed by atoms with Crippen LogP contribution < -0.4 is 5.73 Å². The molecule has 0 aromatic rings. The number of carbonyl (C=O) groups is 1. The van der Waals surface area contributed by atoms with E-state index in [0.29, 0.717) is 0 Å². The van der Waals surface area contributed by atoms with Crippen LogP contribution in [-0.2, 0) is 9.47 Å². The summed E-state index contributed by atoms with van der Waals surface area (Å²) in [4.78, 5) is 9.74. The molecule has 0 rings (SSSR count). The lowest BCUT2D eigenvalue weighted by Crippen LogP contribution is -1.97. The van der Waals surface area contributed by atoms with Crippen molar-refractivity contribution in [2.75, 3.05) is 14.2 Å². The van der Waals surface area contributed by atoms with Crippen LogP contribution in [0.25, 0.3) is 0 Å². The second-order valence-corrected chi connectivity index (χ2v) is 0.787. The molecule has 0 aromatic heterocycles. The minimum absolute atomic E-state index is 0.657. The van der Waals surface area contributed by atoms with E-state index in [4.69, 9.17) is 5.26 Å². The van der Waals surface area contributed by atoms with Crippen LogP contribution in [0.4, 0.5) is 4.79 Å². The van der Waals surface area contributed by atoms with Crippen LogP contribution >= 0.6 is 0 Å². The second-order valence-electron chi connectivity index (χ2n) is 0.787. The standard InChI is InChI=1S/C3H6O3.CH2N2/c1-5-3(4)6-2;2-1-3/h1-2H3;2H2. The van der Waals surface area contributed by atoms with Crippen molar-refractivity contribution in [3.63, 3.8) is 0 Å². The Morgan fingerprint density at radius 2 is 1.78 bits per heavy atom. The number of carbonyl (C=O) groups excluding carboxylic acids is 1. The van der Waals surface area contributed by atoms with Gasteiger partial charge in [0, 0.05) is 0 Å². The van der Waals surface area contributed by atoms with Gasteiger partial charge in [0.15, 0.2) is 6.19 Å². The molecule has 0 aromatic carbocycles. The summed E-state index contributed by atoms with van der Waals surface area (Å²) in [5.74, 6) is 0. The van der Waals surface area contributed by atoms with Gasteiger partial charge in [-0.2, -0.15) is 5.26 Å². The number of methoxy groups -OCH3 is 2.